The number of phosphoric ester groups is 1. The number of ether oxygens (including phenoxy) is 1. The highest BCUT2D eigenvalue weighted by atomic mass is 31.2. The zero-order chi connectivity index (χ0) is 62.8. The molecular weight excluding hydrogens is 1080 g/mol. The number of allylic oxidation sites excluding steroid dienone is 23. The number of likely N-dealkylation sites (N-methyl/N-ethyl adjacent to an activating group) is 1. The number of rotatable bonds is 61. The second-order valence-electron chi connectivity index (χ2n) is 23.9. The van der Waals surface area contributed by atoms with Crippen molar-refractivity contribution >= 4 is 19.7 Å². The van der Waals surface area contributed by atoms with Gasteiger partial charge in [-0.1, -0.05) is 276 Å². The Bertz CT molecular complexity index is 1980. The lowest BCUT2D eigenvalue weighted by Gasteiger charge is -2.27. The van der Waals surface area contributed by atoms with Crippen molar-refractivity contribution < 1.29 is 37.3 Å². The number of nitrogens with zero attached hydrogens (tertiary/aromatic N) is 1. The molecule has 86 heavy (non-hydrogen) atoms. The second kappa shape index (κ2) is 63.9. The average Bonchev–Trinajstić information content (AvgIpc) is 3.69. The first-order valence-corrected chi connectivity index (χ1v) is 36.2. The van der Waals surface area contributed by atoms with E-state index in [4.69, 9.17) is 13.8 Å². The summed E-state index contributed by atoms with van der Waals surface area (Å²) < 4.78 is 30.8. The fourth-order valence-electron chi connectivity index (χ4n) is 9.26. The van der Waals surface area contributed by atoms with Crippen molar-refractivity contribution in [3.63, 3.8) is 0 Å². The third-order valence-electron chi connectivity index (χ3n) is 14.5. The summed E-state index contributed by atoms with van der Waals surface area (Å²) in [5, 5.41) is 3.05. The van der Waals surface area contributed by atoms with E-state index in [0.29, 0.717) is 23.9 Å². The molecule has 0 saturated heterocycles. The van der Waals surface area contributed by atoms with Crippen LogP contribution in [0.1, 0.15) is 271 Å². The van der Waals surface area contributed by atoms with Crippen LogP contribution in [0.15, 0.2) is 146 Å². The number of carbonyl (C=O) groups excluding carboxylic acids is 2. The number of quaternary nitrogens is 1. The van der Waals surface area contributed by atoms with Gasteiger partial charge in [-0.15, -0.1) is 0 Å². The van der Waals surface area contributed by atoms with Crippen molar-refractivity contribution in [3.05, 3.63) is 146 Å². The van der Waals surface area contributed by atoms with Crippen LogP contribution in [0.2, 0.25) is 0 Å². The van der Waals surface area contributed by atoms with Gasteiger partial charge in [-0.2, -0.15) is 0 Å². The summed E-state index contributed by atoms with van der Waals surface area (Å²) in [6, 6.07) is -0.880. The Morgan fingerprint density at radius 3 is 1.13 bits per heavy atom. The molecule has 3 atom stereocenters. The maximum absolute atomic E-state index is 13.6. The van der Waals surface area contributed by atoms with E-state index in [0.717, 1.165) is 135 Å². The highest BCUT2D eigenvalue weighted by Gasteiger charge is 2.30. The second-order valence-corrected chi connectivity index (χ2v) is 25.4. The molecule has 0 aliphatic carbocycles. The molecule has 0 aliphatic heterocycles. The molecule has 0 rings (SSSR count). The van der Waals surface area contributed by atoms with Crippen molar-refractivity contribution in [3.8, 4) is 0 Å². The molecule has 490 valence electrons. The molecule has 0 heterocycles. The molecule has 0 bridgehead atoms. The SMILES string of the molecule is CC/C=C\C/C=C\C/C=C\C/C=C\C/C=C\C/C=C\CCCCC(=O)OC(/C=C\CCCCCCCCCCCC)C(COP(=O)(O)OCC[N+](C)(C)C)NC(=O)CCCCCCCCCCCCC/C=C\C/C=C\C/C=C\C/C=C\C/C=C\CC. The van der Waals surface area contributed by atoms with Gasteiger partial charge in [0.05, 0.1) is 33.8 Å². The summed E-state index contributed by atoms with van der Waals surface area (Å²) in [6.07, 6.45) is 92.9. The van der Waals surface area contributed by atoms with Gasteiger partial charge in [0.15, 0.2) is 0 Å². The number of hydrogen-bond acceptors (Lipinski definition) is 6. The molecular formula is C76H130N2O7P+. The lowest BCUT2D eigenvalue weighted by atomic mass is 10.0. The standard InChI is InChI=1S/C76H129N2O7P/c1-7-10-13-16-19-22-25-28-30-32-34-36-37-38-39-40-41-43-44-46-48-50-53-56-59-62-65-68-75(79)77-73(72-84-86(81,82)83-71-70-78(4,5)6)74(67-64-61-58-55-52-27-24-21-18-15-12-9-3)85-76(80)69-66-63-60-57-54-51-49-47-45-42-35-33-31-29-26-23-20-17-14-11-8-2/h10-11,13-14,19-20,22-23,28-31,34-36,38-39,42,47,49,54,57,64,67,73-74H,7-9,12,15-18,21,24-27,32-33,37,40-41,43-46,48,50-53,55-56,58-63,65-66,68-72H2,1-6H3,(H-,77,79,81,82)/p+1/b13-10-,14-11-,22-19-,23-20-,30-28-,31-29-,36-34-,39-38-,42-35-,49-47-,57-54-,67-64-. The number of esters is 1. The minimum Gasteiger partial charge on any atom is -0.456 e. The topological polar surface area (TPSA) is 111 Å². The monoisotopic (exact) mass is 1210 g/mol. The summed E-state index contributed by atoms with van der Waals surface area (Å²) in [5.74, 6) is -0.566. The molecule has 0 radical (unpaired) electrons. The smallest absolute Gasteiger partial charge is 0.456 e. The Labute approximate surface area is 529 Å². The van der Waals surface area contributed by atoms with Crippen LogP contribution in [0.25, 0.3) is 0 Å². The zero-order valence-corrected chi connectivity index (χ0v) is 56.9. The van der Waals surface area contributed by atoms with Crippen LogP contribution in [0, 0.1) is 0 Å². The average molecular weight is 1210 g/mol. The fraction of sp³-hybridized carbons (Fsp3) is 0.658. The number of hydrogen-bond donors (Lipinski definition) is 2. The van der Waals surface area contributed by atoms with Crippen molar-refractivity contribution in [2.75, 3.05) is 40.9 Å². The highest BCUT2D eigenvalue weighted by molar-refractivity contribution is 7.47. The van der Waals surface area contributed by atoms with Gasteiger partial charge in [-0.05, 0) is 128 Å². The van der Waals surface area contributed by atoms with Gasteiger partial charge < -0.3 is 19.4 Å². The maximum Gasteiger partial charge on any atom is 0.472 e. The number of amides is 1. The van der Waals surface area contributed by atoms with E-state index in [1.807, 2.05) is 33.3 Å². The lowest BCUT2D eigenvalue weighted by Crippen LogP contribution is -2.47. The van der Waals surface area contributed by atoms with Crippen molar-refractivity contribution in [2.24, 2.45) is 0 Å². The van der Waals surface area contributed by atoms with E-state index in [1.165, 1.54) is 96.3 Å². The number of nitrogens with one attached hydrogen (secondary N) is 1. The number of carbonyl (C=O) groups is 2. The van der Waals surface area contributed by atoms with E-state index < -0.39 is 20.0 Å². The van der Waals surface area contributed by atoms with Crippen LogP contribution in [0.4, 0.5) is 0 Å². The van der Waals surface area contributed by atoms with Gasteiger partial charge in [0.25, 0.3) is 0 Å². The van der Waals surface area contributed by atoms with Crippen LogP contribution in [-0.4, -0.2) is 74.3 Å². The van der Waals surface area contributed by atoms with Crippen molar-refractivity contribution in [1.29, 1.82) is 0 Å². The summed E-state index contributed by atoms with van der Waals surface area (Å²) in [6.45, 7) is 6.75. The Morgan fingerprint density at radius 1 is 0.419 bits per heavy atom. The number of unbranched alkanes of at least 4 members (excludes halogenated alkanes) is 23. The minimum atomic E-state index is -4.48. The summed E-state index contributed by atoms with van der Waals surface area (Å²) in [5.41, 5.74) is 0. The van der Waals surface area contributed by atoms with Crippen LogP contribution >= 0.6 is 7.82 Å². The van der Waals surface area contributed by atoms with E-state index in [1.54, 1.807) is 0 Å². The third-order valence-corrected chi connectivity index (χ3v) is 15.5. The zero-order valence-electron chi connectivity index (χ0n) is 56.0. The van der Waals surface area contributed by atoms with Gasteiger partial charge in [0, 0.05) is 12.8 Å². The first kappa shape index (κ1) is 81.9. The van der Waals surface area contributed by atoms with Gasteiger partial charge in [-0.25, -0.2) is 4.57 Å². The molecule has 0 aromatic carbocycles. The molecule has 0 spiro atoms. The number of phosphoric acid groups is 1. The predicted molar refractivity (Wildman–Crippen MR) is 373 cm³/mol. The Balaban J connectivity index is 5.17. The van der Waals surface area contributed by atoms with E-state index in [2.05, 4.69) is 160 Å². The summed E-state index contributed by atoms with van der Waals surface area (Å²) in [4.78, 5) is 37.9. The van der Waals surface area contributed by atoms with E-state index in [9.17, 15) is 19.0 Å². The van der Waals surface area contributed by atoms with E-state index >= 15 is 0 Å². The molecule has 0 aromatic heterocycles. The molecule has 0 aliphatic rings. The first-order valence-electron chi connectivity index (χ1n) is 34.7. The molecule has 3 unspecified atom stereocenters. The van der Waals surface area contributed by atoms with Gasteiger partial charge in [0.1, 0.15) is 19.3 Å². The normalized spacial score (nSPS) is 14.5. The molecule has 0 aromatic rings. The molecule has 10 heteroatoms. The first-order chi connectivity index (χ1) is 41.9. The Morgan fingerprint density at radius 2 is 0.744 bits per heavy atom. The maximum atomic E-state index is 13.6. The van der Waals surface area contributed by atoms with Crippen LogP contribution < -0.4 is 5.32 Å². The van der Waals surface area contributed by atoms with Crippen LogP contribution in [-0.2, 0) is 27.9 Å². The van der Waals surface area contributed by atoms with Crippen LogP contribution in [0.5, 0.6) is 0 Å². The molecule has 1 amide bonds. The highest BCUT2D eigenvalue weighted by Crippen LogP contribution is 2.43. The third kappa shape index (κ3) is 64.4. The lowest BCUT2D eigenvalue weighted by molar-refractivity contribution is -0.870. The molecule has 0 saturated carbocycles. The van der Waals surface area contributed by atoms with Gasteiger partial charge >= 0.3 is 13.8 Å². The predicted octanol–water partition coefficient (Wildman–Crippen LogP) is 22.2. The Kier molecular flexibility index (Phi) is 60.8. The Hall–Kier alpha value is -4.11. The van der Waals surface area contributed by atoms with Gasteiger partial charge in [-0.3, -0.25) is 18.6 Å². The van der Waals surface area contributed by atoms with E-state index in [-0.39, 0.29) is 31.5 Å². The molecule has 2 N–H and O–H groups in total. The quantitative estimate of drug-likeness (QED) is 0.0205. The largest absolute Gasteiger partial charge is 0.472 e. The van der Waals surface area contributed by atoms with Gasteiger partial charge in [0.2, 0.25) is 5.91 Å². The molecule has 0 fully saturated rings. The summed E-state index contributed by atoms with van der Waals surface area (Å²) in [7, 11) is 1.45. The summed E-state index contributed by atoms with van der Waals surface area (Å²) >= 11 is 0. The van der Waals surface area contributed by atoms with Crippen molar-refractivity contribution in [1.82, 2.24) is 5.32 Å². The molecule has 9 nitrogen and oxygen atoms in total. The fourth-order valence-corrected chi connectivity index (χ4v) is 10.00. The minimum absolute atomic E-state index is 0.0248. The van der Waals surface area contributed by atoms with Crippen LogP contribution in [0.3, 0.4) is 0 Å². The van der Waals surface area contributed by atoms with Crippen molar-refractivity contribution in [2.45, 2.75) is 283 Å².